The van der Waals surface area contributed by atoms with E-state index < -0.39 is 0 Å². The van der Waals surface area contributed by atoms with Crippen LogP contribution in [0.5, 0.6) is 0 Å². The molecule has 4 aromatic carbocycles. The molecule has 0 spiro atoms. The first-order valence-electron chi connectivity index (χ1n) is 9.96. The average Bonchev–Trinajstić information content (AvgIpc) is 3.09. The van der Waals surface area contributed by atoms with Gasteiger partial charge in [-0.1, -0.05) is 96.4 Å². The molecule has 0 heterocycles. The molecule has 0 aliphatic carbocycles. The van der Waals surface area contributed by atoms with Gasteiger partial charge in [-0.05, 0) is 37.5 Å². The van der Waals surface area contributed by atoms with Crippen LogP contribution in [-0.2, 0) is 27.1 Å². The van der Waals surface area contributed by atoms with E-state index in [1.165, 1.54) is 44.5 Å². The molecule has 0 N–H and O–H groups in total. The van der Waals surface area contributed by atoms with Gasteiger partial charge in [0.15, 0.2) is 0 Å². The first-order valence-corrected chi connectivity index (χ1v) is 9.96. The normalized spacial score (nSPS) is 10.1. The molecule has 0 nitrogen and oxygen atoms in total. The Morgan fingerprint density at radius 2 is 0.906 bits per heavy atom. The molecule has 0 amide bonds. The van der Waals surface area contributed by atoms with Crippen molar-refractivity contribution in [1.29, 1.82) is 0 Å². The number of aryl methyl sites for hydroxylation is 4. The van der Waals surface area contributed by atoms with Gasteiger partial charge in [-0.2, -0.15) is 11.6 Å². The third-order valence-electron chi connectivity index (χ3n) is 5.79. The van der Waals surface area contributed by atoms with Crippen molar-refractivity contribution < 1.29 is 58.9 Å². The Morgan fingerprint density at radius 1 is 0.531 bits per heavy atom. The Balaban J connectivity index is 0.00000240. The van der Waals surface area contributed by atoms with Gasteiger partial charge < -0.3 is 37.2 Å². The molecule has 4 heteroatoms. The third-order valence-corrected chi connectivity index (χ3v) is 5.79. The molecule has 0 unspecified atom stereocenters. The summed E-state index contributed by atoms with van der Waals surface area (Å²) in [6, 6.07) is 33.7. The Hall–Kier alpha value is -1.41. The summed E-state index contributed by atoms with van der Waals surface area (Å²) in [6.07, 6.45) is 0. The summed E-state index contributed by atoms with van der Waals surface area (Å²) in [5.41, 5.74) is 10.1. The van der Waals surface area contributed by atoms with E-state index in [1.54, 1.807) is 0 Å². The van der Waals surface area contributed by atoms with Gasteiger partial charge in [-0.3, -0.25) is 0 Å². The van der Waals surface area contributed by atoms with Crippen LogP contribution in [0.25, 0.3) is 0 Å². The molecule has 0 aliphatic rings. The second-order valence-electron chi connectivity index (χ2n) is 7.98. The third kappa shape index (κ3) is 5.56. The summed E-state index contributed by atoms with van der Waals surface area (Å²) >= 11 is 0. The minimum absolute atomic E-state index is 0. The maximum absolute atomic E-state index is 2.34. The van der Waals surface area contributed by atoms with Crippen molar-refractivity contribution in [2.45, 2.75) is 33.1 Å². The summed E-state index contributed by atoms with van der Waals surface area (Å²) in [5, 5.41) is 0. The largest absolute Gasteiger partial charge is 4.00 e. The quantitative estimate of drug-likeness (QED) is 0.168. The van der Waals surface area contributed by atoms with Crippen molar-refractivity contribution in [3.05, 3.63) is 136 Å². The maximum Gasteiger partial charge on any atom is 4.00 e. The van der Waals surface area contributed by atoms with E-state index in [4.69, 9.17) is 0 Å². The average molecular weight is 518 g/mol. The van der Waals surface area contributed by atoms with Gasteiger partial charge in [0.25, 0.3) is 0 Å². The van der Waals surface area contributed by atoms with Gasteiger partial charge in [0, 0.05) is 5.41 Å². The van der Waals surface area contributed by atoms with Crippen LogP contribution in [0.4, 0.5) is 0 Å². The molecule has 32 heavy (non-hydrogen) atoms. The molecule has 4 rings (SSSR count). The van der Waals surface area contributed by atoms with E-state index in [0.717, 1.165) is 0 Å². The number of hydrogen-bond donors (Lipinski definition) is 0. The summed E-state index contributed by atoms with van der Waals surface area (Å²) in [5.74, 6) is 0. The van der Waals surface area contributed by atoms with Crippen molar-refractivity contribution in [3.63, 3.8) is 0 Å². The van der Waals surface area contributed by atoms with E-state index >= 15 is 0 Å². The summed E-state index contributed by atoms with van der Waals surface area (Å²) in [4.78, 5) is 0. The van der Waals surface area contributed by atoms with E-state index in [0.29, 0.717) is 0 Å². The zero-order chi connectivity index (χ0) is 19.7. The fourth-order valence-electron chi connectivity index (χ4n) is 4.53. The molecule has 0 fully saturated rings. The molecule has 0 radical (unpaired) electrons. The van der Waals surface area contributed by atoms with E-state index in [1.807, 2.05) is 0 Å². The first kappa shape index (κ1) is 30.6. The van der Waals surface area contributed by atoms with E-state index in [-0.39, 0.29) is 64.4 Å². The monoisotopic (exact) mass is 516 g/mol. The van der Waals surface area contributed by atoms with Crippen LogP contribution in [-0.4, -0.2) is 0 Å². The van der Waals surface area contributed by atoms with Crippen molar-refractivity contribution in [1.82, 2.24) is 0 Å². The van der Waals surface area contributed by atoms with Crippen molar-refractivity contribution in [2.75, 3.05) is 0 Å². The van der Waals surface area contributed by atoms with Gasteiger partial charge in [0.05, 0.1) is 0 Å². The van der Waals surface area contributed by atoms with Crippen LogP contribution in [0.2, 0.25) is 0 Å². The van der Waals surface area contributed by atoms with Crippen molar-refractivity contribution in [3.8, 4) is 0 Å². The predicted octanol–water partition coefficient (Wildman–Crippen LogP) is -1.97. The van der Waals surface area contributed by atoms with E-state index in [9.17, 15) is 0 Å². The molecule has 0 aliphatic heterocycles. The summed E-state index contributed by atoms with van der Waals surface area (Å²) < 4.78 is 0. The van der Waals surface area contributed by atoms with Gasteiger partial charge in [0.2, 0.25) is 0 Å². The Kier molecular flexibility index (Phi) is 12.2. The van der Waals surface area contributed by atoms with Gasteiger partial charge >= 0.3 is 21.7 Å². The van der Waals surface area contributed by atoms with Gasteiger partial charge in [-0.25, -0.2) is 12.1 Å². The molecular formula is C28H27Cl3Ti. The molecule has 0 bridgehead atoms. The minimum atomic E-state index is -0.336. The van der Waals surface area contributed by atoms with Crippen LogP contribution in [0.3, 0.4) is 0 Å². The molecule has 0 saturated heterocycles. The van der Waals surface area contributed by atoms with Crippen LogP contribution < -0.4 is 37.2 Å². The Bertz CT molecular complexity index is 1020. The topological polar surface area (TPSA) is 0 Å². The smallest absolute Gasteiger partial charge is 1.00 e. The first-order chi connectivity index (χ1) is 13.5. The van der Waals surface area contributed by atoms with Crippen LogP contribution in [0.15, 0.2) is 91.0 Å². The SMILES string of the molecule is Cc1cccc(C(c2cccc(C)c2)(c2cccc(C)c2)[c-]2cccc2C)c1.[Cl-].[Cl-].[Cl-].[Ti+4]. The van der Waals surface area contributed by atoms with Gasteiger partial charge in [0.1, 0.15) is 0 Å². The number of benzene rings is 3. The minimum Gasteiger partial charge on any atom is -1.00 e. The molecule has 4 aromatic rings. The van der Waals surface area contributed by atoms with Crippen LogP contribution in [0.1, 0.15) is 44.5 Å². The molecular weight excluding hydrogens is 491 g/mol. The fraction of sp³-hybridized carbons (Fsp3) is 0.179. The summed E-state index contributed by atoms with van der Waals surface area (Å²) in [6.45, 7) is 8.77. The number of halogens is 3. The zero-order valence-electron chi connectivity index (χ0n) is 18.8. The molecule has 0 saturated carbocycles. The fourth-order valence-corrected chi connectivity index (χ4v) is 4.53. The van der Waals surface area contributed by atoms with E-state index in [2.05, 4.69) is 119 Å². The number of rotatable bonds is 4. The second-order valence-corrected chi connectivity index (χ2v) is 7.98. The molecule has 164 valence electrons. The zero-order valence-corrected chi connectivity index (χ0v) is 22.6. The number of hydrogen-bond acceptors (Lipinski definition) is 0. The summed E-state index contributed by atoms with van der Waals surface area (Å²) in [7, 11) is 0. The molecule has 0 aromatic heterocycles. The second kappa shape index (κ2) is 12.7. The van der Waals surface area contributed by atoms with Gasteiger partial charge in [-0.15, -0.1) is 5.56 Å². The van der Waals surface area contributed by atoms with Crippen LogP contribution in [0, 0.1) is 27.7 Å². The standard InChI is InChI=1S/C28H27.3ClH.Ti/c1-20-9-5-13-24(17-20)28(27-16-8-12-23(27)4,25-14-6-10-21(2)18-25)26-15-7-11-22(3)19-26;;;;/h5-19H,1-4H3;3*1H;/q-1;;;;+4/p-3. The predicted molar refractivity (Wildman–Crippen MR) is 119 cm³/mol. The van der Waals surface area contributed by atoms with Crippen LogP contribution >= 0.6 is 0 Å². The van der Waals surface area contributed by atoms with Crippen molar-refractivity contribution >= 4 is 0 Å². The molecule has 0 atom stereocenters. The maximum atomic E-state index is 2.34. The Labute approximate surface area is 226 Å². The van der Waals surface area contributed by atoms with Crippen molar-refractivity contribution in [2.24, 2.45) is 0 Å². The Morgan fingerprint density at radius 3 is 1.19 bits per heavy atom.